The third-order valence-corrected chi connectivity index (χ3v) is 5.81. The Labute approximate surface area is 181 Å². The van der Waals surface area contributed by atoms with Crippen molar-refractivity contribution >= 4 is 23.5 Å². The fourth-order valence-corrected chi connectivity index (χ4v) is 4.15. The second-order valence-electron chi connectivity index (χ2n) is 8.18. The van der Waals surface area contributed by atoms with Crippen LogP contribution in [0.2, 0.25) is 0 Å². The van der Waals surface area contributed by atoms with Crippen molar-refractivity contribution in [3.63, 3.8) is 0 Å². The van der Waals surface area contributed by atoms with Gasteiger partial charge in [0.15, 0.2) is 0 Å². The monoisotopic (exact) mass is 418 g/mol. The van der Waals surface area contributed by atoms with Crippen molar-refractivity contribution in [3.05, 3.63) is 77.0 Å². The Bertz CT molecular complexity index is 1080. The summed E-state index contributed by atoms with van der Waals surface area (Å²) >= 11 is 0. The van der Waals surface area contributed by atoms with Crippen molar-refractivity contribution in [2.24, 2.45) is 0 Å². The lowest BCUT2D eigenvalue weighted by atomic mass is 10.0. The summed E-state index contributed by atoms with van der Waals surface area (Å²) in [7, 11) is 1.72. The van der Waals surface area contributed by atoms with Gasteiger partial charge >= 0.3 is 6.03 Å². The van der Waals surface area contributed by atoms with Crippen LogP contribution in [-0.4, -0.2) is 40.7 Å². The Hall–Kier alpha value is -3.61. The van der Waals surface area contributed by atoms with Gasteiger partial charge in [0.2, 0.25) is 5.91 Å². The number of nitrogens with zero attached hydrogens (tertiary/aromatic N) is 2. The molecule has 4 rings (SSSR count). The van der Waals surface area contributed by atoms with E-state index in [1.54, 1.807) is 22.9 Å². The van der Waals surface area contributed by atoms with Crippen LogP contribution >= 0.6 is 0 Å². The molecule has 1 atom stereocenters. The quantitative estimate of drug-likeness (QED) is 0.798. The van der Waals surface area contributed by atoms with Gasteiger partial charge in [-0.05, 0) is 54.7 Å². The van der Waals surface area contributed by atoms with Crippen LogP contribution < -0.4 is 10.6 Å². The Balaban J connectivity index is 1.49. The predicted molar refractivity (Wildman–Crippen MR) is 118 cm³/mol. The van der Waals surface area contributed by atoms with E-state index >= 15 is 0 Å². The number of hydrogen-bond acceptors (Lipinski definition) is 3. The van der Waals surface area contributed by atoms with Crippen LogP contribution in [0.1, 0.15) is 39.9 Å². The molecule has 0 aromatic heterocycles. The van der Waals surface area contributed by atoms with E-state index in [2.05, 4.69) is 17.2 Å². The molecule has 7 nitrogen and oxygen atoms in total. The number of allylic oxidation sites excluding steroid dienone is 1. The fourth-order valence-electron chi connectivity index (χ4n) is 4.15. The SMILES string of the molecule is C=C1CCC(N2Cc3c(CN(C)C(=O)Nc4cccc(C)c4)cccc3C2=O)C(=O)N1. The molecule has 0 bridgehead atoms. The van der Waals surface area contributed by atoms with E-state index in [4.69, 9.17) is 0 Å². The summed E-state index contributed by atoms with van der Waals surface area (Å²) in [5.74, 6) is -0.329. The van der Waals surface area contributed by atoms with E-state index in [-0.39, 0.29) is 17.8 Å². The standard InChI is InChI=1S/C24H26N4O3/c1-15-6-4-8-18(12-15)26-24(31)27(3)13-17-7-5-9-19-20(17)14-28(23(19)30)21-11-10-16(2)25-22(21)29/h4-9,12,21H,2,10-11,13-14H2,1,3H3,(H,25,29)(H,26,31). The van der Waals surface area contributed by atoms with E-state index in [0.29, 0.717) is 37.2 Å². The molecule has 0 spiro atoms. The summed E-state index contributed by atoms with van der Waals surface area (Å²) in [6, 6.07) is 12.4. The van der Waals surface area contributed by atoms with Gasteiger partial charge in [-0.1, -0.05) is 30.8 Å². The van der Waals surface area contributed by atoms with Crippen molar-refractivity contribution in [1.82, 2.24) is 15.1 Å². The minimum atomic E-state index is -0.499. The predicted octanol–water partition coefficient (Wildman–Crippen LogP) is 3.41. The van der Waals surface area contributed by atoms with Gasteiger partial charge in [0.25, 0.3) is 5.91 Å². The van der Waals surface area contributed by atoms with Crippen molar-refractivity contribution < 1.29 is 14.4 Å². The number of piperidine rings is 1. The molecule has 2 aliphatic heterocycles. The van der Waals surface area contributed by atoms with Gasteiger partial charge in [-0.25, -0.2) is 4.79 Å². The lowest BCUT2D eigenvalue weighted by Gasteiger charge is -2.31. The number of nitrogens with one attached hydrogen (secondary N) is 2. The summed E-state index contributed by atoms with van der Waals surface area (Å²) in [6.07, 6.45) is 1.23. The zero-order valence-electron chi connectivity index (χ0n) is 17.8. The molecule has 0 radical (unpaired) electrons. The Morgan fingerprint density at radius 1 is 1.26 bits per heavy atom. The van der Waals surface area contributed by atoms with E-state index in [0.717, 1.165) is 22.4 Å². The molecule has 2 heterocycles. The zero-order valence-corrected chi connectivity index (χ0v) is 17.8. The number of benzene rings is 2. The first kappa shape index (κ1) is 20.7. The molecule has 1 fully saturated rings. The van der Waals surface area contributed by atoms with E-state index in [1.165, 1.54) is 0 Å². The molecule has 31 heavy (non-hydrogen) atoms. The largest absolute Gasteiger partial charge is 0.329 e. The summed E-state index contributed by atoms with van der Waals surface area (Å²) in [4.78, 5) is 41.3. The number of hydrogen-bond donors (Lipinski definition) is 2. The molecule has 4 amide bonds. The Kier molecular flexibility index (Phi) is 5.50. The minimum absolute atomic E-state index is 0.142. The summed E-state index contributed by atoms with van der Waals surface area (Å²) in [5, 5.41) is 5.65. The number of anilines is 1. The molecule has 0 saturated carbocycles. The highest BCUT2D eigenvalue weighted by Crippen LogP contribution is 2.31. The van der Waals surface area contributed by atoms with Gasteiger partial charge in [0.1, 0.15) is 6.04 Å². The average Bonchev–Trinajstić information content (AvgIpc) is 3.05. The van der Waals surface area contributed by atoms with Gasteiger partial charge in [0, 0.05) is 37.1 Å². The molecule has 160 valence electrons. The van der Waals surface area contributed by atoms with Gasteiger partial charge < -0.3 is 20.4 Å². The molecule has 1 saturated heterocycles. The van der Waals surface area contributed by atoms with Gasteiger partial charge in [-0.3, -0.25) is 9.59 Å². The number of urea groups is 1. The average molecular weight is 418 g/mol. The molecular formula is C24H26N4O3. The number of carbonyl (C=O) groups is 3. The van der Waals surface area contributed by atoms with Crippen molar-refractivity contribution in [3.8, 4) is 0 Å². The van der Waals surface area contributed by atoms with E-state index in [1.807, 2.05) is 43.3 Å². The maximum Gasteiger partial charge on any atom is 0.321 e. The molecule has 2 aromatic rings. The summed E-state index contributed by atoms with van der Waals surface area (Å²) in [5.41, 5.74) is 4.86. The molecular weight excluding hydrogens is 392 g/mol. The van der Waals surface area contributed by atoms with Gasteiger partial charge in [-0.15, -0.1) is 0 Å². The van der Waals surface area contributed by atoms with Crippen LogP contribution in [-0.2, 0) is 17.9 Å². The zero-order chi connectivity index (χ0) is 22.1. The third kappa shape index (κ3) is 4.17. The highest BCUT2D eigenvalue weighted by molar-refractivity contribution is 6.01. The number of carbonyl (C=O) groups excluding carboxylic acids is 3. The Morgan fingerprint density at radius 3 is 2.77 bits per heavy atom. The molecule has 1 unspecified atom stereocenters. The molecule has 2 N–H and O–H groups in total. The minimum Gasteiger partial charge on any atom is -0.329 e. The van der Waals surface area contributed by atoms with Crippen LogP contribution in [0.3, 0.4) is 0 Å². The lowest BCUT2D eigenvalue weighted by Crippen LogP contribution is -2.49. The van der Waals surface area contributed by atoms with E-state index in [9.17, 15) is 14.4 Å². The van der Waals surface area contributed by atoms with Gasteiger partial charge in [-0.2, -0.15) is 0 Å². The first-order valence-electron chi connectivity index (χ1n) is 10.3. The number of aryl methyl sites for hydroxylation is 1. The second-order valence-corrected chi connectivity index (χ2v) is 8.18. The number of amides is 4. The highest BCUT2D eigenvalue weighted by atomic mass is 16.2. The smallest absolute Gasteiger partial charge is 0.321 e. The molecule has 7 heteroatoms. The van der Waals surface area contributed by atoms with Crippen LogP contribution in [0.25, 0.3) is 0 Å². The number of fused-ring (bicyclic) bond motifs is 1. The topological polar surface area (TPSA) is 81.8 Å². The Morgan fingerprint density at radius 2 is 2.03 bits per heavy atom. The van der Waals surface area contributed by atoms with E-state index < -0.39 is 6.04 Å². The van der Waals surface area contributed by atoms with Crippen molar-refractivity contribution in [1.29, 1.82) is 0 Å². The first-order chi connectivity index (χ1) is 14.8. The van der Waals surface area contributed by atoms with Crippen molar-refractivity contribution in [2.45, 2.75) is 38.9 Å². The van der Waals surface area contributed by atoms with Crippen LogP contribution in [0.15, 0.2) is 54.7 Å². The highest BCUT2D eigenvalue weighted by Gasteiger charge is 2.38. The molecule has 0 aliphatic carbocycles. The normalized spacial score (nSPS) is 17.9. The van der Waals surface area contributed by atoms with Crippen LogP contribution in [0, 0.1) is 6.92 Å². The van der Waals surface area contributed by atoms with Crippen molar-refractivity contribution in [2.75, 3.05) is 12.4 Å². The van der Waals surface area contributed by atoms with Gasteiger partial charge in [0.05, 0.1) is 0 Å². The summed E-state index contributed by atoms with van der Waals surface area (Å²) in [6.45, 7) is 6.49. The number of rotatable bonds is 4. The fraction of sp³-hybridized carbons (Fsp3) is 0.292. The van der Waals surface area contributed by atoms with Crippen LogP contribution in [0.4, 0.5) is 10.5 Å². The first-order valence-corrected chi connectivity index (χ1v) is 10.3. The second kappa shape index (κ2) is 8.26. The summed E-state index contributed by atoms with van der Waals surface area (Å²) < 4.78 is 0. The lowest BCUT2D eigenvalue weighted by molar-refractivity contribution is -0.126. The molecule has 2 aliphatic rings. The third-order valence-electron chi connectivity index (χ3n) is 5.81. The maximum absolute atomic E-state index is 13.0. The van der Waals surface area contributed by atoms with Crippen LogP contribution in [0.5, 0.6) is 0 Å². The maximum atomic E-state index is 13.0. The molecule has 2 aromatic carbocycles.